The molecule has 0 amide bonds. The molecule has 1 aromatic rings. The van der Waals surface area contributed by atoms with E-state index in [0.29, 0.717) is 12.6 Å². The number of nitrogens with zero attached hydrogens (tertiary/aromatic N) is 2. The Morgan fingerprint density at radius 1 is 1.10 bits per heavy atom. The van der Waals surface area contributed by atoms with Crippen LogP contribution in [0.5, 0.6) is 5.75 Å². The first-order valence-corrected chi connectivity index (χ1v) is 10.5. The minimum Gasteiger partial charge on any atom is -0.490 e. The van der Waals surface area contributed by atoms with Crippen molar-refractivity contribution in [1.82, 2.24) is 10.2 Å². The number of likely N-dealkylation sites (tertiary alicyclic amines) is 1. The summed E-state index contributed by atoms with van der Waals surface area (Å²) >= 11 is 0. The van der Waals surface area contributed by atoms with Crippen LogP contribution < -0.4 is 10.1 Å². The predicted octanol–water partition coefficient (Wildman–Crippen LogP) is 3.98. The van der Waals surface area contributed by atoms with Crippen molar-refractivity contribution < 1.29 is 14.3 Å². The van der Waals surface area contributed by atoms with Crippen molar-refractivity contribution >= 4 is 35.9 Å². The van der Waals surface area contributed by atoms with Gasteiger partial charge in [-0.2, -0.15) is 0 Å². The van der Waals surface area contributed by atoms with E-state index in [9.17, 15) is 4.79 Å². The molecule has 0 spiro atoms. The second-order valence-electron chi connectivity index (χ2n) is 7.71. The summed E-state index contributed by atoms with van der Waals surface area (Å²) in [5.41, 5.74) is 1.20. The van der Waals surface area contributed by atoms with Gasteiger partial charge in [-0.1, -0.05) is 18.6 Å². The van der Waals surface area contributed by atoms with Crippen LogP contribution in [-0.4, -0.2) is 50.2 Å². The van der Waals surface area contributed by atoms with E-state index in [1.54, 1.807) is 7.05 Å². The van der Waals surface area contributed by atoms with Crippen LogP contribution in [0.3, 0.4) is 0 Å². The van der Waals surface area contributed by atoms with Crippen molar-refractivity contribution in [3.05, 3.63) is 29.8 Å². The SMILES string of the molecule is CN=C(NCc1ccc(OC2CCCCC2)cc1)N1CCC(C(=O)OC)CC1.I. The molecule has 1 saturated heterocycles. The molecule has 0 aromatic heterocycles. The molecular weight excluding hydrogens is 481 g/mol. The molecule has 29 heavy (non-hydrogen) atoms. The molecule has 2 aliphatic rings. The summed E-state index contributed by atoms with van der Waals surface area (Å²) in [7, 11) is 3.26. The van der Waals surface area contributed by atoms with Gasteiger partial charge in [-0.05, 0) is 56.2 Å². The highest BCUT2D eigenvalue weighted by Crippen LogP contribution is 2.23. The Labute approximate surface area is 191 Å². The Bertz CT molecular complexity index is 652. The van der Waals surface area contributed by atoms with Gasteiger partial charge >= 0.3 is 5.97 Å². The zero-order chi connectivity index (χ0) is 19.8. The zero-order valence-electron chi connectivity index (χ0n) is 17.6. The number of methoxy groups -OCH3 is 1. The molecule has 1 saturated carbocycles. The van der Waals surface area contributed by atoms with Crippen molar-refractivity contribution in [2.24, 2.45) is 10.9 Å². The van der Waals surface area contributed by atoms with E-state index in [1.165, 1.54) is 44.8 Å². The number of ether oxygens (including phenoxy) is 2. The number of halogens is 1. The second kappa shape index (κ2) is 12.2. The van der Waals surface area contributed by atoms with Gasteiger partial charge in [-0.15, -0.1) is 24.0 Å². The summed E-state index contributed by atoms with van der Waals surface area (Å²) in [6, 6.07) is 8.36. The molecule has 0 unspecified atom stereocenters. The van der Waals surface area contributed by atoms with Crippen LogP contribution in [0.15, 0.2) is 29.3 Å². The summed E-state index contributed by atoms with van der Waals surface area (Å²) in [6.45, 7) is 2.34. The normalized spacial score (nSPS) is 18.7. The third kappa shape index (κ3) is 7.04. The van der Waals surface area contributed by atoms with Crippen molar-refractivity contribution in [2.75, 3.05) is 27.2 Å². The molecule has 0 atom stereocenters. The number of carbonyl (C=O) groups excluding carboxylic acids is 1. The predicted molar refractivity (Wildman–Crippen MR) is 126 cm³/mol. The van der Waals surface area contributed by atoms with E-state index in [1.807, 2.05) is 0 Å². The van der Waals surface area contributed by atoms with Crippen LogP contribution in [0.1, 0.15) is 50.5 Å². The molecule has 1 N–H and O–H groups in total. The van der Waals surface area contributed by atoms with E-state index in [-0.39, 0.29) is 35.9 Å². The van der Waals surface area contributed by atoms with Crippen LogP contribution in [0.4, 0.5) is 0 Å². The fraction of sp³-hybridized carbons (Fsp3) is 0.636. The number of hydrogen-bond acceptors (Lipinski definition) is 4. The molecule has 1 aromatic carbocycles. The Morgan fingerprint density at radius 3 is 2.34 bits per heavy atom. The van der Waals surface area contributed by atoms with Gasteiger partial charge in [-0.3, -0.25) is 9.79 Å². The van der Waals surface area contributed by atoms with Crippen LogP contribution in [0, 0.1) is 5.92 Å². The van der Waals surface area contributed by atoms with Crippen LogP contribution in [0.2, 0.25) is 0 Å². The number of nitrogens with one attached hydrogen (secondary N) is 1. The van der Waals surface area contributed by atoms with Gasteiger partial charge in [0.05, 0.1) is 19.1 Å². The van der Waals surface area contributed by atoms with E-state index in [0.717, 1.165) is 37.6 Å². The van der Waals surface area contributed by atoms with Crippen molar-refractivity contribution in [2.45, 2.75) is 57.6 Å². The van der Waals surface area contributed by atoms with E-state index >= 15 is 0 Å². The number of aliphatic imine (C=N–C) groups is 1. The Morgan fingerprint density at radius 2 is 1.76 bits per heavy atom. The van der Waals surface area contributed by atoms with Gasteiger partial charge in [0, 0.05) is 26.7 Å². The lowest BCUT2D eigenvalue weighted by molar-refractivity contribution is -0.146. The highest BCUT2D eigenvalue weighted by atomic mass is 127. The topological polar surface area (TPSA) is 63.2 Å². The standard InChI is InChI=1S/C22H33N3O3.HI/c1-23-22(25-14-12-18(13-15-25)21(26)27-2)24-16-17-8-10-20(11-9-17)28-19-6-4-3-5-7-19;/h8-11,18-19H,3-7,12-16H2,1-2H3,(H,23,24);1H. The maximum Gasteiger partial charge on any atom is 0.308 e. The average molecular weight is 515 g/mol. The molecule has 0 bridgehead atoms. The fourth-order valence-electron chi connectivity index (χ4n) is 4.07. The quantitative estimate of drug-likeness (QED) is 0.278. The third-order valence-corrected chi connectivity index (χ3v) is 5.77. The highest BCUT2D eigenvalue weighted by molar-refractivity contribution is 14.0. The lowest BCUT2D eigenvalue weighted by atomic mass is 9.97. The first-order valence-electron chi connectivity index (χ1n) is 10.5. The summed E-state index contributed by atoms with van der Waals surface area (Å²) < 4.78 is 11.0. The number of carbonyl (C=O) groups is 1. The van der Waals surface area contributed by atoms with Gasteiger partial charge in [0.25, 0.3) is 0 Å². The average Bonchev–Trinajstić information content (AvgIpc) is 2.76. The zero-order valence-corrected chi connectivity index (χ0v) is 19.9. The maximum absolute atomic E-state index is 11.7. The van der Waals surface area contributed by atoms with Crippen molar-refractivity contribution in [3.63, 3.8) is 0 Å². The number of esters is 1. The monoisotopic (exact) mass is 515 g/mol. The molecule has 6 nitrogen and oxygen atoms in total. The van der Waals surface area contributed by atoms with E-state index in [2.05, 4.69) is 39.5 Å². The first kappa shape index (κ1) is 23.8. The lowest BCUT2D eigenvalue weighted by Gasteiger charge is -2.33. The molecule has 1 aliphatic heterocycles. The number of benzene rings is 1. The minimum absolute atomic E-state index is 0. The smallest absolute Gasteiger partial charge is 0.308 e. The third-order valence-electron chi connectivity index (χ3n) is 5.77. The fourth-order valence-corrected chi connectivity index (χ4v) is 4.07. The van der Waals surface area contributed by atoms with E-state index in [4.69, 9.17) is 9.47 Å². The molecule has 0 radical (unpaired) electrons. The molecule has 162 valence electrons. The van der Waals surface area contributed by atoms with Crippen LogP contribution in [-0.2, 0) is 16.1 Å². The van der Waals surface area contributed by atoms with Gasteiger partial charge < -0.3 is 19.7 Å². The summed E-state index contributed by atoms with van der Waals surface area (Å²) in [6.07, 6.45) is 8.24. The Hall–Kier alpha value is -1.51. The summed E-state index contributed by atoms with van der Waals surface area (Å²) in [5.74, 6) is 1.75. The van der Waals surface area contributed by atoms with Gasteiger partial charge in [0.15, 0.2) is 5.96 Å². The Kier molecular flexibility index (Phi) is 10.0. The molecule has 2 fully saturated rings. The number of rotatable bonds is 5. The van der Waals surface area contributed by atoms with Gasteiger partial charge in [0.1, 0.15) is 5.75 Å². The van der Waals surface area contributed by atoms with Gasteiger partial charge in [0.2, 0.25) is 0 Å². The highest BCUT2D eigenvalue weighted by Gasteiger charge is 2.26. The second-order valence-corrected chi connectivity index (χ2v) is 7.71. The molecule has 1 aliphatic carbocycles. The van der Waals surface area contributed by atoms with Gasteiger partial charge in [-0.25, -0.2) is 0 Å². The molecule has 1 heterocycles. The first-order chi connectivity index (χ1) is 13.7. The van der Waals surface area contributed by atoms with Crippen LogP contribution >= 0.6 is 24.0 Å². The van der Waals surface area contributed by atoms with Crippen LogP contribution in [0.25, 0.3) is 0 Å². The molecule has 7 heteroatoms. The summed E-state index contributed by atoms with van der Waals surface area (Å²) in [5, 5.41) is 3.43. The largest absolute Gasteiger partial charge is 0.490 e. The maximum atomic E-state index is 11.7. The molecular formula is C22H34IN3O3. The Balaban J connectivity index is 0.00000300. The summed E-state index contributed by atoms with van der Waals surface area (Å²) in [4.78, 5) is 18.3. The number of hydrogen-bond donors (Lipinski definition) is 1. The van der Waals surface area contributed by atoms with E-state index < -0.39 is 0 Å². The van der Waals surface area contributed by atoms with Crippen molar-refractivity contribution in [1.29, 1.82) is 0 Å². The number of guanidine groups is 1. The molecule has 3 rings (SSSR count). The minimum atomic E-state index is -0.0990. The number of piperidine rings is 1. The van der Waals surface area contributed by atoms with Crippen molar-refractivity contribution in [3.8, 4) is 5.75 Å². The lowest BCUT2D eigenvalue weighted by Crippen LogP contribution is -2.46.